The van der Waals surface area contributed by atoms with E-state index in [1.807, 2.05) is 29.9 Å². The lowest BCUT2D eigenvalue weighted by atomic mass is 10.1. The number of likely N-dealkylation sites (tertiary alicyclic amines) is 1. The topological polar surface area (TPSA) is 68.6 Å². The normalized spacial score (nSPS) is 19.5. The van der Waals surface area contributed by atoms with Gasteiger partial charge in [-0.3, -0.25) is 14.4 Å². The van der Waals surface area contributed by atoms with Crippen molar-refractivity contribution in [3.8, 4) is 22.8 Å². The van der Waals surface area contributed by atoms with Crippen LogP contribution in [0.4, 0.5) is 0 Å². The molecule has 0 radical (unpaired) electrons. The van der Waals surface area contributed by atoms with Crippen molar-refractivity contribution < 1.29 is 14.3 Å². The van der Waals surface area contributed by atoms with E-state index in [4.69, 9.17) is 9.47 Å². The lowest BCUT2D eigenvalue weighted by Crippen LogP contribution is -2.35. The highest BCUT2D eigenvalue weighted by molar-refractivity contribution is 5.73. The smallest absolute Gasteiger partial charge is 0.217 e. The maximum atomic E-state index is 11.3. The van der Waals surface area contributed by atoms with Crippen molar-refractivity contribution in [1.82, 2.24) is 20.0 Å². The van der Waals surface area contributed by atoms with Crippen molar-refractivity contribution in [2.24, 2.45) is 7.05 Å². The van der Waals surface area contributed by atoms with Crippen LogP contribution in [0.15, 0.2) is 24.4 Å². The second kappa shape index (κ2) is 6.99. The summed E-state index contributed by atoms with van der Waals surface area (Å²) in [6.45, 7) is 5.39. The van der Waals surface area contributed by atoms with Crippen LogP contribution in [0.3, 0.4) is 0 Å². The number of aromatic nitrogens is 2. The van der Waals surface area contributed by atoms with E-state index in [2.05, 4.69) is 21.5 Å². The minimum atomic E-state index is 0.0372. The molecular formula is C19H24N4O3. The van der Waals surface area contributed by atoms with Gasteiger partial charge in [0.15, 0.2) is 11.5 Å². The van der Waals surface area contributed by atoms with Crippen molar-refractivity contribution >= 4 is 5.91 Å². The molecule has 0 spiro atoms. The second-order valence-corrected chi connectivity index (χ2v) is 6.96. The molecule has 2 aliphatic rings. The largest absolute Gasteiger partial charge is 0.486 e. The Morgan fingerprint density at radius 1 is 1.31 bits per heavy atom. The average Bonchev–Trinajstić information content (AvgIpc) is 3.20. The molecule has 7 nitrogen and oxygen atoms in total. The molecular weight excluding hydrogens is 332 g/mol. The van der Waals surface area contributed by atoms with Crippen LogP contribution in [0.25, 0.3) is 11.3 Å². The highest BCUT2D eigenvalue weighted by atomic mass is 16.6. The van der Waals surface area contributed by atoms with Crippen LogP contribution >= 0.6 is 0 Å². The SMILES string of the molecule is CC(=O)NC1CCN(Cc2cn(C)nc2-c2ccc3c(c2)OCCO3)C1. The molecule has 7 heteroatoms. The van der Waals surface area contributed by atoms with Crippen molar-refractivity contribution in [2.45, 2.75) is 25.9 Å². The summed E-state index contributed by atoms with van der Waals surface area (Å²) in [5.74, 6) is 1.60. The number of nitrogens with zero attached hydrogens (tertiary/aromatic N) is 3. The molecule has 0 bridgehead atoms. The van der Waals surface area contributed by atoms with Crippen molar-refractivity contribution in [3.63, 3.8) is 0 Å². The van der Waals surface area contributed by atoms with Crippen LogP contribution in [0, 0.1) is 0 Å². The number of nitrogens with one attached hydrogen (secondary N) is 1. The van der Waals surface area contributed by atoms with Gasteiger partial charge in [0.1, 0.15) is 13.2 Å². The molecule has 1 N–H and O–H groups in total. The van der Waals surface area contributed by atoms with Gasteiger partial charge in [0, 0.05) is 57.0 Å². The fourth-order valence-corrected chi connectivity index (χ4v) is 3.71. The number of hydrogen-bond donors (Lipinski definition) is 1. The van der Waals surface area contributed by atoms with Gasteiger partial charge in [0.2, 0.25) is 5.91 Å². The quantitative estimate of drug-likeness (QED) is 0.901. The maximum absolute atomic E-state index is 11.3. The van der Waals surface area contributed by atoms with Gasteiger partial charge in [-0.05, 0) is 24.6 Å². The maximum Gasteiger partial charge on any atom is 0.217 e. The third-order valence-corrected chi connectivity index (χ3v) is 4.79. The van der Waals surface area contributed by atoms with Crippen LogP contribution in [-0.4, -0.2) is 52.9 Å². The number of rotatable bonds is 4. The summed E-state index contributed by atoms with van der Waals surface area (Å²) in [4.78, 5) is 13.6. The molecule has 138 valence electrons. The van der Waals surface area contributed by atoms with Gasteiger partial charge in [-0.25, -0.2) is 0 Å². The molecule has 0 aliphatic carbocycles. The summed E-state index contributed by atoms with van der Waals surface area (Å²) >= 11 is 0. The predicted octanol–water partition coefficient (Wildman–Crippen LogP) is 1.57. The number of amides is 1. The second-order valence-electron chi connectivity index (χ2n) is 6.96. The molecule has 1 unspecified atom stereocenters. The van der Waals surface area contributed by atoms with Gasteiger partial charge in [-0.1, -0.05) is 0 Å². The van der Waals surface area contributed by atoms with Gasteiger partial charge >= 0.3 is 0 Å². The summed E-state index contributed by atoms with van der Waals surface area (Å²) < 4.78 is 13.2. The molecule has 3 heterocycles. The number of carbonyl (C=O) groups is 1. The van der Waals surface area contributed by atoms with Crippen LogP contribution < -0.4 is 14.8 Å². The molecule has 1 amide bonds. The molecule has 2 aliphatic heterocycles. The van der Waals surface area contributed by atoms with Crippen molar-refractivity contribution in [3.05, 3.63) is 30.0 Å². The number of hydrogen-bond acceptors (Lipinski definition) is 5. The molecule has 1 saturated heterocycles. The van der Waals surface area contributed by atoms with Crippen LogP contribution in [0.1, 0.15) is 18.9 Å². The van der Waals surface area contributed by atoms with Gasteiger partial charge in [-0.15, -0.1) is 0 Å². The third-order valence-electron chi connectivity index (χ3n) is 4.79. The zero-order chi connectivity index (χ0) is 18.1. The van der Waals surface area contributed by atoms with Crippen LogP contribution in [0.2, 0.25) is 0 Å². The summed E-state index contributed by atoms with van der Waals surface area (Å²) in [6.07, 6.45) is 3.05. The van der Waals surface area contributed by atoms with E-state index >= 15 is 0 Å². The summed E-state index contributed by atoms with van der Waals surface area (Å²) in [6, 6.07) is 6.22. The number of benzene rings is 1. The predicted molar refractivity (Wildman–Crippen MR) is 97.1 cm³/mol. The van der Waals surface area contributed by atoms with Crippen molar-refractivity contribution in [2.75, 3.05) is 26.3 Å². The molecule has 26 heavy (non-hydrogen) atoms. The number of carbonyl (C=O) groups excluding carboxylic acids is 1. The van der Waals surface area contributed by atoms with E-state index in [1.165, 1.54) is 5.56 Å². The van der Waals surface area contributed by atoms with Gasteiger partial charge in [0.05, 0.1) is 5.69 Å². The molecule has 1 atom stereocenters. The lowest BCUT2D eigenvalue weighted by Gasteiger charge is -2.19. The van der Waals surface area contributed by atoms with E-state index < -0.39 is 0 Å². The third kappa shape index (κ3) is 3.53. The number of fused-ring (bicyclic) bond motifs is 1. The van der Waals surface area contributed by atoms with E-state index in [1.54, 1.807) is 6.92 Å². The van der Waals surface area contributed by atoms with Gasteiger partial charge < -0.3 is 14.8 Å². The molecule has 1 aromatic heterocycles. The first-order chi connectivity index (χ1) is 12.6. The fourth-order valence-electron chi connectivity index (χ4n) is 3.71. The molecule has 0 saturated carbocycles. The number of aryl methyl sites for hydroxylation is 1. The van der Waals surface area contributed by atoms with Gasteiger partial charge in [-0.2, -0.15) is 5.10 Å². The fraction of sp³-hybridized carbons (Fsp3) is 0.474. The van der Waals surface area contributed by atoms with E-state index in [-0.39, 0.29) is 11.9 Å². The molecule has 4 rings (SSSR count). The van der Waals surface area contributed by atoms with Crippen LogP contribution in [0.5, 0.6) is 11.5 Å². The van der Waals surface area contributed by atoms with E-state index in [0.29, 0.717) is 13.2 Å². The lowest BCUT2D eigenvalue weighted by molar-refractivity contribution is -0.119. The monoisotopic (exact) mass is 356 g/mol. The zero-order valence-corrected chi connectivity index (χ0v) is 15.2. The first kappa shape index (κ1) is 16.9. The Hall–Kier alpha value is -2.54. The highest BCUT2D eigenvalue weighted by Crippen LogP contribution is 2.35. The minimum Gasteiger partial charge on any atom is -0.486 e. The molecule has 2 aromatic rings. The Bertz CT molecular complexity index is 817. The highest BCUT2D eigenvalue weighted by Gasteiger charge is 2.25. The van der Waals surface area contributed by atoms with E-state index in [0.717, 1.165) is 48.8 Å². The van der Waals surface area contributed by atoms with E-state index in [9.17, 15) is 4.79 Å². The zero-order valence-electron chi connectivity index (χ0n) is 15.2. The van der Waals surface area contributed by atoms with Crippen LogP contribution in [-0.2, 0) is 18.4 Å². The summed E-state index contributed by atoms with van der Waals surface area (Å²) in [5.41, 5.74) is 3.17. The Balaban J connectivity index is 1.53. The first-order valence-corrected chi connectivity index (χ1v) is 9.00. The molecule has 1 aromatic carbocycles. The minimum absolute atomic E-state index is 0.0372. The molecule has 1 fully saturated rings. The Morgan fingerprint density at radius 2 is 2.12 bits per heavy atom. The van der Waals surface area contributed by atoms with Gasteiger partial charge in [0.25, 0.3) is 0 Å². The summed E-state index contributed by atoms with van der Waals surface area (Å²) in [7, 11) is 1.94. The number of ether oxygens (including phenoxy) is 2. The Labute approximate surface area is 152 Å². The Kier molecular flexibility index (Phi) is 4.55. The first-order valence-electron chi connectivity index (χ1n) is 9.00. The standard InChI is InChI=1S/C19H24N4O3/c1-13(24)20-16-5-6-23(12-16)11-15-10-22(2)21-19(15)14-3-4-17-18(9-14)26-8-7-25-17/h3-4,9-10,16H,5-8,11-12H2,1-2H3,(H,20,24). The average molecular weight is 356 g/mol. The van der Waals surface area contributed by atoms with Crippen molar-refractivity contribution in [1.29, 1.82) is 0 Å². The summed E-state index contributed by atoms with van der Waals surface area (Å²) in [5, 5.41) is 7.67. The Morgan fingerprint density at radius 3 is 2.92 bits per heavy atom.